The summed E-state index contributed by atoms with van der Waals surface area (Å²) in [5.74, 6) is -0.942. The summed E-state index contributed by atoms with van der Waals surface area (Å²) in [5.41, 5.74) is 0.841. The fraction of sp³-hybridized carbons (Fsp3) is 0.385. The van der Waals surface area contributed by atoms with Gasteiger partial charge in [-0.2, -0.15) is 0 Å². The smallest absolute Gasteiger partial charge is 0.328 e. The molecule has 0 aliphatic heterocycles. The van der Waals surface area contributed by atoms with Crippen LogP contribution < -0.4 is 14.8 Å². The standard InChI is InChI=1S/C13H17NO5/c1-7-5-8(18-3)6-9(19-4)10(7)12(15)11(14-2)13(16)17/h5-6,11,14H,1-4H3,(H,16,17). The molecule has 1 unspecified atom stereocenters. The maximum absolute atomic E-state index is 12.3. The van der Waals surface area contributed by atoms with Crippen molar-refractivity contribution in [2.75, 3.05) is 21.3 Å². The van der Waals surface area contributed by atoms with Crippen molar-refractivity contribution in [2.45, 2.75) is 13.0 Å². The lowest BCUT2D eigenvalue weighted by Gasteiger charge is -2.16. The predicted octanol–water partition coefficient (Wildman–Crippen LogP) is 0.868. The van der Waals surface area contributed by atoms with Crippen LogP contribution in [0.4, 0.5) is 0 Å². The van der Waals surface area contributed by atoms with E-state index in [4.69, 9.17) is 14.6 Å². The maximum Gasteiger partial charge on any atom is 0.328 e. The zero-order valence-electron chi connectivity index (χ0n) is 11.3. The first-order valence-corrected chi connectivity index (χ1v) is 5.63. The van der Waals surface area contributed by atoms with Crippen LogP contribution in [0.25, 0.3) is 0 Å². The minimum atomic E-state index is -1.30. The molecule has 104 valence electrons. The molecule has 6 heteroatoms. The Labute approximate surface area is 111 Å². The number of methoxy groups -OCH3 is 2. The van der Waals surface area contributed by atoms with Gasteiger partial charge in [0.25, 0.3) is 0 Å². The van der Waals surface area contributed by atoms with Crippen molar-refractivity contribution in [3.63, 3.8) is 0 Å². The van der Waals surface area contributed by atoms with E-state index < -0.39 is 17.8 Å². The Morgan fingerprint density at radius 2 is 1.89 bits per heavy atom. The summed E-state index contributed by atoms with van der Waals surface area (Å²) in [6.45, 7) is 1.70. The number of aliphatic carboxylic acids is 1. The van der Waals surface area contributed by atoms with Crippen LogP contribution in [-0.4, -0.2) is 44.2 Å². The van der Waals surface area contributed by atoms with Crippen LogP contribution >= 0.6 is 0 Å². The van der Waals surface area contributed by atoms with E-state index in [1.165, 1.54) is 21.3 Å². The summed E-state index contributed by atoms with van der Waals surface area (Å²) in [6, 6.07) is 1.90. The lowest BCUT2D eigenvalue weighted by Crippen LogP contribution is -2.41. The molecular weight excluding hydrogens is 250 g/mol. The average molecular weight is 267 g/mol. The molecule has 1 aromatic carbocycles. The zero-order chi connectivity index (χ0) is 14.6. The van der Waals surface area contributed by atoms with Gasteiger partial charge in [0.15, 0.2) is 11.8 Å². The van der Waals surface area contributed by atoms with E-state index in [0.717, 1.165) is 0 Å². The molecule has 1 aromatic rings. The summed E-state index contributed by atoms with van der Waals surface area (Å²) < 4.78 is 10.2. The van der Waals surface area contributed by atoms with Gasteiger partial charge in [-0.3, -0.25) is 9.59 Å². The highest BCUT2D eigenvalue weighted by Crippen LogP contribution is 2.29. The Balaban J connectivity index is 3.33. The number of rotatable bonds is 6. The number of ether oxygens (including phenoxy) is 2. The monoisotopic (exact) mass is 267 g/mol. The third-order valence-electron chi connectivity index (χ3n) is 2.77. The van der Waals surface area contributed by atoms with E-state index in [9.17, 15) is 9.59 Å². The van der Waals surface area contributed by atoms with Gasteiger partial charge in [-0.25, -0.2) is 0 Å². The Bertz CT molecular complexity index is 498. The third-order valence-corrected chi connectivity index (χ3v) is 2.77. The minimum Gasteiger partial charge on any atom is -0.497 e. The first-order valence-electron chi connectivity index (χ1n) is 5.63. The van der Waals surface area contributed by atoms with Crippen LogP contribution in [-0.2, 0) is 4.79 Å². The molecule has 0 bridgehead atoms. The van der Waals surface area contributed by atoms with Gasteiger partial charge in [0.1, 0.15) is 11.5 Å². The van der Waals surface area contributed by atoms with E-state index in [1.807, 2.05) is 0 Å². The highest BCUT2D eigenvalue weighted by atomic mass is 16.5. The molecule has 2 N–H and O–H groups in total. The molecule has 1 rings (SSSR count). The van der Waals surface area contributed by atoms with E-state index in [-0.39, 0.29) is 5.56 Å². The van der Waals surface area contributed by atoms with Crippen LogP contribution in [0.5, 0.6) is 11.5 Å². The summed E-state index contributed by atoms with van der Waals surface area (Å²) >= 11 is 0. The number of ketones is 1. The molecule has 0 heterocycles. The predicted molar refractivity (Wildman–Crippen MR) is 69.1 cm³/mol. The van der Waals surface area contributed by atoms with Crippen molar-refractivity contribution in [3.05, 3.63) is 23.3 Å². The zero-order valence-corrected chi connectivity index (χ0v) is 11.3. The van der Waals surface area contributed by atoms with Crippen molar-refractivity contribution < 1.29 is 24.2 Å². The second-order valence-electron chi connectivity index (χ2n) is 3.95. The number of benzene rings is 1. The minimum absolute atomic E-state index is 0.241. The molecule has 6 nitrogen and oxygen atoms in total. The lowest BCUT2D eigenvalue weighted by atomic mass is 9.98. The maximum atomic E-state index is 12.3. The topological polar surface area (TPSA) is 84.9 Å². The number of carboxylic acid groups (broad SMARTS) is 1. The number of hydrogen-bond donors (Lipinski definition) is 2. The molecule has 19 heavy (non-hydrogen) atoms. The molecule has 0 aliphatic carbocycles. The van der Waals surface area contributed by atoms with Crippen molar-refractivity contribution in [3.8, 4) is 11.5 Å². The summed E-state index contributed by atoms with van der Waals surface area (Å²) in [7, 11) is 4.34. The number of carbonyl (C=O) groups is 2. The first kappa shape index (κ1) is 15.0. The second kappa shape index (κ2) is 6.19. The largest absolute Gasteiger partial charge is 0.497 e. The van der Waals surface area contributed by atoms with E-state index in [2.05, 4.69) is 5.32 Å². The van der Waals surface area contributed by atoms with Gasteiger partial charge in [-0.05, 0) is 25.6 Å². The molecule has 0 fully saturated rings. The molecular formula is C13H17NO5. The van der Waals surface area contributed by atoms with Crippen LogP contribution in [0.15, 0.2) is 12.1 Å². The molecule has 1 atom stereocenters. The summed E-state index contributed by atoms with van der Waals surface area (Å²) in [5, 5.41) is 11.5. The fourth-order valence-electron chi connectivity index (χ4n) is 1.83. The number of aryl methyl sites for hydroxylation is 1. The van der Waals surface area contributed by atoms with Gasteiger partial charge < -0.3 is 19.9 Å². The van der Waals surface area contributed by atoms with Crippen LogP contribution in [0.1, 0.15) is 15.9 Å². The average Bonchev–Trinajstić information content (AvgIpc) is 2.37. The molecule has 0 radical (unpaired) electrons. The number of carbonyl (C=O) groups excluding carboxylic acids is 1. The van der Waals surface area contributed by atoms with Crippen molar-refractivity contribution >= 4 is 11.8 Å². The van der Waals surface area contributed by atoms with Gasteiger partial charge in [-0.1, -0.05) is 0 Å². The van der Waals surface area contributed by atoms with Crippen LogP contribution in [0.3, 0.4) is 0 Å². The third kappa shape index (κ3) is 3.03. The van der Waals surface area contributed by atoms with Gasteiger partial charge in [0.05, 0.1) is 19.8 Å². The van der Waals surface area contributed by atoms with Crippen molar-refractivity contribution in [2.24, 2.45) is 0 Å². The Morgan fingerprint density at radius 1 is 1.26 bits per heavy atom. The number of Topliss-reactive ketones (excluding diaryl/α,β-unsaturated/α-hetero) is 1. The fourth-order valence-corrected chi connectivity index (χ4v) is 1.83. The Kier molecular flexibility index (Phi) is 4.88. The number of carboxylic acids is 1. The molecule has 0 saturated heterocycles. The number of likely N-dealkylation sites (N-methyl/N-ethyl adjacent to an activating group) is 1. The normalized spacial score (nSPS) is 11.8. The van der Waals surface area contributed by atoms with Crippen molar-refractivity contribution in [1.82, 2.24) is 5.32 Å². The molecule has 0 amide bonds. The first-order chi connectivity index (χ1) is 8.96. The highest BCUT2D eigenvalue weighted by molar-refractivity contribution is 6.13. The SMILES string of the molecule is CNC(C(=O)O)C(=O)c1c(C)cc(OC)cc1OC. The Hall–Kier alpha value is -2.08. The van der Waals surface area contributed by atoms with Gasteiger partial charge in [0.2, 0.25) is 0 Å². The van der Waals surface area contributed by atoms with Crippen LogP contribution in [0, 0.1) is 6.92 Å². The number of hydrogen-bond acceptors (Lipinski definition) is 5. The molecule has 0 aliphatic rings. The van der Waals surface area contributed by atoms with Gasteiger partial charge >= 0.3 is 5.97 Å². The molecule has 0 spiro atoms. The van der Waals surface area contributed by atoms with E-state index in [1.54, 1.807) is 19.1 Å². The summed E-state index contributed by atoms with van der Waals surface area (Å²) in [4.78, 5) is 23.3. The van der Waals surface area contributed by atoms with Crippen LogP contribution in [0.2, 0.25) is 0 Å². The lowest BCUT2D eigenvalue weighted by molar-refractivity contribution is -0.137. The van der Waals surface area contributed by atoms with Crippen molar-refractivity contribution in [1.29, 1.82) is 0 Å². The summed E-state index contributed by atoms with van der Waals surface area (Å²) in [6.07, 6.45) is 0. The molecule has 0 aromatic heterocycles. The van der Waals surface area contributed by atoms with Gasteiger partial charge in [-0.15, -0.1) is 0 Å². The second-order valence-corrected chi connectivity index (χ2v) is 3.95. The molecule has 0 saturated carbocycles. The Morgan fingerprint density at radius 3 is 2.32 bits per heavy atom. The van der Waals surface area contributed by atoms with Gasteiger partial charge in [0, 0.05) is 6.07 Å². The van der Waals surface area contributed by atoms with E-state index >= 15 is 0 Å². The quantitative estimate of drug-likeness (QED) is 0.587. The van der Waals surface area contributed by atoms with E-state index in [0.29, 0.717) is 17.1 Å². The highest BCUT2D eigenvalue weighted by Gasteiger charge is 2.29. The number of nitrogens with one attached hydrogen (secondary N) is 1.